The van der Waals surface area contributed by atoms with Crippen LogP contribution in [0.3, 0.4) is 0 Å². The number of hydrogen-bond donors (Lipinski definition) is 1. The summed E-state index contributed by atoms with van der Waals surface area (Å²) in [4.78, 5) is 12.7. The second-order valence-corrected chi connectivity index (χ2v) is 7.10. The molecule has 1 saturated carbocycles. The fourth-order valence-corrected chi connectivity index (χ4v) is 3.24. The highest BCUT2D eigenvalue weighted by molar-refractivity contribution is 5.94. The number of nitrogens with one attached hydrogen (secondary N) is 1. The van der Waals surface area contributed by atoms with Crippen molar-refractivity contribution in [2.75, 3.05) is 0 Å². The van der Waals surface area contributed by atoms with Crippen LogP contribution in [0.25, 0.3) is 0 Å². The minimum Gasteiger partial charge on any atom is -0.345 e. The lowest BCUT2D eigenvalue weighted by molar-refractivity contribution is 0.0931. The molecular weight excluding hydrogens is 322 g/mol. The van der Waals surface area contributed by atoms with Crippen LogP contribution in [0.4, 0.5) is 0 Å². The molecule has 0 bridgehead atoms. The summed E-state index contributed by atoms with van der Waals surface area (Å²) >= 11 is 0. The minimum absolute atomic E-state index is 0.00638. The summed E-state index contributed by atoms with van der Waals surface area (Å²) in [6.45, 7) is 2.79. The summed E-state index contributed by atoms with van der Waals surface area (Å²) in [7, 11) is 0. The normalized spacial score (nSPS) is 14.8. The van der Waals surface area contributed by atoms with Crippen LogP contribution >= 0.6 is 0 Å². The molecule has 1 amide bonds. The zero-order valence-electron chi connectivity index (χ0n) is 14.9. The van der Waals surface area contributed by atoms with Gasteiger partial charge < -0.3 is 5.32 Å². The highest BCUT2D eigenvalue weighted by Gasteiger charge is 2.33. The molecule has 4 rings (SSSR count). The van der Waals surface area contributed by atoms with Crippen molar-refractivity contribution in [1.29, 1.82) is 0 Å². The molecule has 4 heteroatoms. The number of aromatic nitrogens is 2. The van der Waals surface area contributed by atoms with Crippen molar-refractivity contribution >= 4 is 5.91 Å². The predicted molar refractivity (Wildman–Crippen MR) is 102 cm³/mol. The molecule has 4 nitrogen and oxygen atoms in total. The van der Waals surface area contributed by atoms with Gasteiger partial charge in [0, 0.05) is 18.0 Å². The second kappa shape index (κ2) is 7.16. The standard InChI is InChI=1S/C22H23N3O/c1-16-3-7-18(8-4-16)21(19-11-12-19)24-22(26)20-9-5-17(6-10-20)15-25-14-2-13-23-25/h2-10,13-14,19,21H,11-12,15H2,1H3,(H,24,26). The van der Waals surface area contributed by atoms with Gasteiger partial charge in [-0.3, -0.25) is 9.48 Å². The summed E-state index contributed by atoms with van der Waals surface area (Å²) in [5.41, 5.74) is 4.26. The number of benzene rings is 2. The second-order valence-electron chi connectivity index (χ2n) is 7.10. The molecule has 0 spiro atoms. The van der Waals surface area contributed by atoms with E-state index in [1.807, 2.05) is 41.2 Å². The van der Waals surface area contributed by atoms with E-state index in [9.17, 15) is 4.79 Å². The fraction of sp³-hybridized carbons (Fsp3) is 0.273. The molecule has 26 heavy (non-hydrogen) atoms. The molecule has 1 heterocycles. The largest absolute Gasteiger partial charge is 0.345 e. The Bertz CT molecular complexity index is 863. The van der Waals surface area contributed by atoms with Gasteiger partial charge in [-0.05, 0) is 55.0 Å². The summed E-state index contributed by atoms with van der Waals surface area (Å²) in [6.07, 6.45) is 6.07. The van der Waals surface area contributed by atoms with Crippen LogP contribution in [0, 0.1) is 12.8 Å². The first-order chi connectivity index (χ1) is 12.7. The van der Waals surface area contributed by atoms with Crippen LogP contribution in [0.1, 0.15) is 45.9 Å². The van der Waals surface area contributed by atoms with Gasteiger partial charge in [0.1, 0.15) is 0 Å². The minimum atomic E-state index is -0.00638. The Balaban J connectivity index is 1.45. The third-order valence-electron chi connectivity index (χ3n) is 4.94. The van der Waals surface area contributed by atoms with E-state index >= 15 is 0 Å². The van der Waals surface area contributed by atoms with Crippen LogP contribution in [-0.4, -0.2) is 15.7 Å². The van der Waals surface area contributed by atoms with Gasteiger partial charge in [-0.25, -0.2) is 0 Å². The van der Waals surface area contributed by atoms with E-state index in [4.69, 9.17) is 0 Å². The molecule has 2 aromatic carbocycles. The number of aryl methyl sites for hydroxylation is 1. The Hall–Kier alpha value is -2.88. The molecule has 1 atom stereocenters. The van der Waals surface area contributed by atoms with E-state index in [1.165, 1.54) is 24.0 Å². The van der Waals surface area contributed by atoms with E-state index in [0.29, 0.717) is 18.0 Å². The van der Waals surface area contributed by atoms with Crippen LogP contribution in [0.5, 0.6) is 0 Å². The predicted octanol–water partition coefficient (Wildman–Crippen LogP) is 4.12. The average Bonchev–Trinajstić information content (AvgIpc) is 3.38. The Labute approximate surface area is 153 Å². The highest BCUT2D eigenvalue weighted by Crippen LogP contribution is 2.41. The van der Waals surface area contributed by atoms with Gasteiger partial charge in [-0.15, -0.1) is 0 Å². The first-order valence-corrected chi connectivity index (χ1v) is 9.13. The molecule has 0 radical (unpaired) electrons. The van der Waals surface area contributed by atoms with Crippen LogP contribution in [0.2, 0.25) is 0 Å². The van der Waals surface area contributed by atoms with Crippen molar-refractivity contribution in [3.05, 3.63) is 89.2 Å². The molecule has 1 aromatic heterocycles. The maximum absolute atomic E-state index is 12.7. The smallest absolute Gasteiger partial charge is 0.251 e. The Kier molecular flexibility index (Phi) is 4.57. The molecule has 132 valence electrons. The van der Waals surface area contributed by atoms with Crippen molar-refractivity contribution in [2.24, 2.45) is 5.92 Å². The SMILES string of the molecule is Cc1ccc(C(NC(=O)c2ccc(Cn3cccn3)cc2)C2CC2)cc1. The van der Waals surface area contributed by atoms with Crippen molar-refractivity contribution in [1.82, 2.24) is 15.1 Å². The Morgan fingerprint density at radius 3 is 2.50 bits per heavy atom. The third kappa shape index (κ3) is 3.85. The van der Waals surface area contributed by atoms with Gasteiger partial charge >= 0.3 is 0 Å². The Morgan fingerprint density at radius 2 is 1.88 bits per heavy atom. The highest BCUT2D eigenvalue weighted by atomic mass is 16.1. The maximum Gasteiger partial charge on any atom is 0.251 e. The molecule has 1 aliphatic rings. The number of hydrogen-bond acceptors (Lipinski definition) is 2. The van der Waals surface area contributed by atoms with Gasteiger partial charge in [0.25, 0.3) is 5.91 Å². The number of nitrogens with zero attached hydrogens (tertiary/aromatic N) is 2. The van der Waals surface area contributed by atoms with Crippen molar-refractivity contribution in [3.8, 4) is 0 Å². The number of carbonyl (C=O) groups is 1. The maximum atomic E-state index is 12.7. The topological polar surface area (TPSA) is 46.9 Å². The van der Waals surface area contributed by atoms with Gasteiger partial charge in [0.05, 0.1) is 12.6 Å². The van der Waals surface area contributed by atoms with E-state index < -0.39 is 0 Å². The number of rotatable bonds is 6. The summed E-state index contributed by atoms with van der Waals surface area (Å²) in [6, 6.07) is 18.3. The van der Waals surface area contributed by atoms with E-state index in [0.717, 1.165) is 5.56 Å². The molecule has 1 unspecified atom stereocenters. The first kappa shape index (κ1) is 16.6. The lowest BCUT2D eigenvalue weighted by Gasteiger charge is -2.19. The van der Waals surface area contributed by atoms with Gasteiger partial charge in [0.2, 0.25) is 0 Å². The molecular formula is C22H23N3O. The molecule has 3 aromatic rings. The van der Waals surface area contributed by atoms with Crippen molar-refractivity contribution in [3.63, 3.8) is 0 Å². The quantitative estimate of drug-likeness (QED) is 0.730. The summed E-state index contributed by atoms with van der Waals surface area (Å²) in [5, 5.41) is 7.45. The molecule has 0 saturated heterocycles. The van der Waals surface area contributed by atoms with Crippen LogP contribution in [0.15, 0.2) is 67.0 Å². The average molecular weight is 345 g/mol. The number of carbonyl (C=O) groups excluding carboxylic acids is 1. The van der Waals surface area contributed by atoms with E-state index in [1.54, 1.807) is 6.20 Å². The summed E-state index contributed by atoms with van der Waals surface area (Å²) in [5.74, 6) is 0.550. The van der Waals surface area contributed by atoms with Crippen LogP contribution in [-0.2, 0) is 6.54 Å². The van der Waals surface area contributed by atoms with Crippen molar-refractivity contribution in [2.45, 2.75) is 32.4 Å². The Morgan fingerprint density at radius 1 is 1.15 bits per heavy atom. The van der Waals surface area contributed by atoms with Crippen molar-refractivity contribution < 1.29 is 4.79 Å². The first-order valence-electron chi connectivity index (χ1n) is 9.13. The lowest BCUT2D eigenvalue weighted by Crippen LogP contribution is -2.29. The van der Waals surface area contributed by atoms with Crippen LogP contribution < -0.4 is 5.32 Å². The summed E-state index contributed by atoms with van der Waals surface area (Å²) < 4.78 is 1.87. The third-order valence-corrected chi connectivity index (χ3v) is 4.94. The zero-order chi connectivity index (χ0) is 17.9. The molecule has 1 fully saturated rings. The monoisotopic (exact) mass is 345 g/mol. The number of amides is 1. The fourth-order valence-electron chi connectivity index (χ4n) is 3.24. The van der Waals surface area contributed by atoms with E-state index in [-0.39, 0.29) is 11.9 Å². The van der Waals surface area contributed by atoms with Gasteiger partial charge in [-0.2, -0.15) is 5.10 Å². The lowest BCUT2D eigenvalue weighted by atomic mass is 10.0. The van der Waals surface area contributed by atoms with Gasteiger partial charge in [0.15, 0.2) is 0 Å². The zero-order valence-corrected chi connectivity index (χ0v) is 14.9. The van der Waals surface area contributed by atoms with E-state index in [2.05, 4.69) is 41.6 Å². The molecule has 1 aliphatic carbocycles. The molecule has 0 aliphatic heterocycles. The molecule has 1 N–H and O–H groups in total. The van der Waals surface area contributed by atoms with Gasteiger partial charge in [-0.1, -0.05) is 42.0 Å².